The number of benzene rings is 1. The Balaban J connectivity index is 1.66. The molecule has 1 saturated heterocycles. The van der Waals surface area contributed by atoms with Crippen molar-refractivity contribution < 1.29 is 9.18 Å². The average Bonchev–Trinajstić information content (AvgIpc) is 2.85. The van der Waals surface area contributed by atoms with Crippen LogP contribution in [0, 0.1) is 5.82 Å². The summed E-state index contributed by atoms with van der Waals surface area (Å²) in [5.41, 5.74) is 0.591. The molecule has 2 amide bonds. The third-order valence-electron chi connectivity index (χ3n) is 3.04. The Hall–Kier alpha value is -1.62. The lowest BCUT2D eigenvalue weighted by Crippen LogP contribution is -2.33. The third-order valence-corrected chi connectivity index (χ3v) is 3.04. The van der Waals surface area contributed by atoms with Gasteiger partial charge in [0.05, 0.1) is 0 Å². The summed E-state index contributed by atoms with van der Waals surface area (Å²) in [4.78, 5) is 11.5. The van der Waals surface area contributed by atoms with Crippen molar-refractivity contribution in [1.29, 1.82) is 0 Å². The molecule has 4 nitrogen and oxygen atoms in total. The van der Waals surface area contributed by atoms with Gasteiger partial charge >= 0.3 is 6.03 Å². The number of hydrogen-bond donors (Lipinski definition) is 3. The first-order valence-electron chi connectivity index (χ1n) is 6.28. The van der Waals surface area contributed by atoms with Gasteiger partial charge in [-0.15, -0.1) is 0 Å². The molecule has 3 N–H and O–H groups in total. The third kappa shape index (κ3) is 4.00. The Morgan fingerprint density at radius 2 is 2.17 bits per heavy atom. The highest BCUT2D eigenvalue weighted by molar-refractivity contribution is 5.89. The zero-order valence-corrected chi connectivity index (χ0v) is 10.2. The van der Waals surface area contributed by atoms with Crippen molar-refractivity contribution in [3.05, 3.63) is 30.1 Å². The summed E-state index contributed by atoms with van der Waals surface area (Å²) in [6.45, 7) is 1.72. The normalized spacial score (nSPS) is 18.6. The summed E-state index contributed by atoms with van der Waals surface area (Å²) in [6.07, 6.45) is 3.34. The number of nitrogens with one attached hydrogen (secondary N) is 3. The Bertz CT molecular complexity index is 388. The first kappa shape index (κ1) is 12.8. The van der Waals surface area contributed by atoms with E-state index in [-0.39, 0.29) is 11.8 Å². The van der Waals surface area contributed by atoms with Crippen LogP contribution in [0.1, 0.15) is 19.3 Å². The summed E-state index contributed by atoms with van der Waals surface area (Å²) in [6, 6.07) is 5.98. The van der Waals surface area contributed by atoms with Crippen molar-refractivity contribution in [1.82, 2.24) is 10.6 Å². The lowest BCUT2D eigenvalue weighted by molar-refractivity contribution is 0.251. The molecule has 5 heteroatoms. The quantitative estimate of drug-likeness (QED) is 0.767. The number of hydrogen-bond acceptors (Lipinski definition) is 2. The molecule has 0 aromatic heterocycles. The van der Waals surface area contributed by atoms with E-state index in [1.54, 1.807) is 0 Å². The van der Waals surface area contributed by atoms with Gasteiger partial charge in [-0.2, -0.15) is 0 Å². The van der Waals surface area contributed by atoms with E-state index in [9.17, 15) is 9.18 Å². The number of carbonyl (C=O) groups excluding carboxylic acids is 1. The van der Waals surface area contributed by atoms with Crippen molar-refractivity contribution in [3.8, 4) is 0 Å². The second-order valence-electron chi connectivity index (χ2n) is 4.47. The maximum atomic E-state index is 12.7. The van der Waals surface area contributed by atoms with Gasteiger partial charge in [0.1, 0.15) is 5.82 Å². The van der Waals surface area contributed by atoms with Crippen molar-refractivity contribution >= 4 is 11.7 Å². The smallest absolute Gasteiger partial charge is 0.319 e. The Labute approximate surface area is 106 Å². The van der Waals surface area contributed by atoms with Crippen LogP contribution in [-0.2, 0) is 0 Å². The second kappa shape index (κ2) is 6.35. The molecule has 1 aliphatic rings. The number of rotatable bonds is 4. The van der Waals surface area contributed by atoms with Crippen LogP contribution in [0.3, 0.4) is 0 Å². The minimum absolute atomic E-state index is 0.250. The highest BCUT2D eigenvalue weighted by Gasteiger charge is 2.13. The van der Waals surface area contributed by atoms with Gasteiger partial charge < -0.3 is 16.0 Å². The van der Waals surface area contributed by atoms with Gasteiger partial charge in [0.25, 0.3) is 0 Å². The molecule has 98 valence electrons. The molecule has 0 saturated carbocycles. The summed E-state index contributed by atoms with van der Waals surface area (Å²) >= 11 is 0. The van der Waals surface area contributed by atoms with Crippen molar-refractivity contribution in [2.75, 3.05) is 18.4 Å². The van der Waals surface area contributed by atoms with Gasteiger partial charge in [-0.05, 0) is 50.1 Å². The number of amides is 2. The molecule has 0 radical (unpaired) electrons. The second-order valence-corrected chi connectivity index (χ2v) is 4.47. The zero-order valence-electron chi connectivity index (χ0n) is 10.2. The zero-order chi connectivity index (χ0) is 12.8. The molecule has 1 heterocycles. The van der Waals surface area contributed by atoms with E-state index in [0.29, 0.717) is 18.3 Å². The predicted molar refractivity (Wildman–Crippen MR) is 69.1 cm³/mol. The van der Waals surface area contributed by atoms with E-state index < -0.39 is 0 Å². The van der Waals surface area contributed by atoms with Gasteiger partial charge in [0.2, 0.25) is 0 Å². The summed E-state index contributed by atoms with van der Waals surface area (Å²) < 4.78 is 12.7. The molecular weight excluding hydrogens is 233 g/mol. The molecule has 1 aliphatic heterocycles. The fourth-order valence-corrected chi connectivity index (χ4v) is 2.07. The van der Waals surface area contributed by atoms with E-state index >= 15 is 0 Å². The fraction of sp³-hybridized carbons (Fsp3) is 0.462. The van der Waals surface area contributed by atoms with Gasteiger partial charge in [-0.1, -0.05) is 0 Å². The molecule has 1 aromatic carbocycles. The number of urea groups is 1. The van der Waals surface area contributed by atoms with E-state index in [2.05, 4.69) is 16.0 Å². The first-order valence-corrected chi connectivity index (χ1v) is 6.28. The van der Waals surface area contributed by atoms with Crippen LogP contribution in [0.25, 0.3) is 0 Å². The van der Waals surface area contributed by atoms with Crippen LogP contribution in [-0.4, -0.2) is 25.2 Å². The van der Waals surface area contributed by atoms with Crippen LogP contribution < -0.4 is 16.0 Å². The molecule has 0 spiro atoms. The standard InChI is InChI=1S/C13H18FN3O/c14-10-3-5-12(6-4-10)17-13(18)16-9-7-11-2-1-8-15-11/h3-6,11,15H,1-2,7-9H2,(H2,16,17,18)/t11-/m0/s1. The topological polar surface area (TPSA) is 53.2 Å². The minimum atomic E-state index is -0.312. The maximum absolute atomic E-state index is 12.7. The first-order chi connectivity index (χ1) is 8.74. The van der Waals surface area contributed by atoms with E-state index in [4.69, 9.17) is 0 Å². The summed E-state index contributed by atoms with van der Waals surface area (Å²) in [7, 11) is 0. The average molecular weight is 251 g/mol. The molecule has 1 fully saturated rings. The Morgan fingerprint density at radius 1 is 1.39 bits per heavy atom. The number of anilines is 1. The SMILES string of the molecule is O=C(NCC[C@@H]1CCCN1)Nc1ccc(F)cc1. The monoisotopic (exact) mass is 251 g/mol. The van der Waals surface area contributed by atoms with Crippen molar-refractivity contribution in [3.63, 3.8) is 0 Å². The van der Waals surface area contributed by atoms with Gasteiger partial charge in [0, 0.05) is 18.3 Å². The molecular formula is C13H18FN3O. The van der Waals surface area contributed by atoms with Gasteiger partial charge in [-0.3, -0.25) is 0 Å². The lowest BCUT2D eigenvalue weighted by Gasteiger charge is -2.11. The summed E-state index contributed by atoms with van der Waals surface area (Å²) in [5, 5.41) is 8.82. The van der Waals surface area contributed by atoms with Gasteiger partial charge in [-0.25, -0.2) is 9.18 Å². The molecule has 1 aromatic rings. The van der Waals surface area contributed by atoms with E-state index in [1.165, 1.54) is 37.1 Å². The van der Waals surface area contributed by atoms with Crippen LogP contribution in [0.4, 0.5) is 14.9 Å². The van der Waals surface area contributed by atoms with E-state index in [1.807, 2.05) is 0 Å². The maximum Gasteiger partial charge on any atom is 0.319 e. The van der Waals surface area contributed by atoms with Crippen LogP contribution >= 0.6 is 0 Å². The highest BCUT2D eigenvalue weighted by atomic mass is 19.1. The highest BCUT2D eigenvalue weighted by Crippen LogP contribution is 2.09. The largest absolute Gasteiger partial charge is 0.338 e. The Morgan fingerprint density at radius 3 is 2.83 bits per heavy atom. The lowest BCUT2D eigenvalue weighted by atomic mass is 10.1. The number of carbonyl (C=O) groups is 1. The number of halogens is 1. The Kier molecular flexibility index (Phi) is 4.52. The van der Waals surface area contributed by atoms with Crippen molar-refractivity contribution in [2.45, 2.75) is 25.3 Å². The van der Waals surface area contributed by atoms with Gasteiger partial charge in [0.15, 0.2) is 0 Å². The fourth-order valence-electron chi connectivity index (χ4n) is 2.07. The molecule has 18 heavy (non-hydrogen) atoms. The molecule has 2 rings (SSSR count). The molecule has 0 aliphatic carbocycles. The van der Waals surface area contributed by atoms with Crippen LogP contribution in [0.15, 0.2) is 24.3 Å². The predicted octanol–water partition coefficient (Wildman–Crippen LogP) is 2.09. The molecule has 0 unspecified atom stereocenters. The minimum Gasteiger partial charge on any atom is -0.338 e. The van der Waals surface area contributed by atoms with E-state index in [0.717, 1.165) is 13.0 Å². The molecule has 1 atom stereocenters. The van der Waals surface area contributed by atoms with Crippen molar-refractivity contribution in [2.24, 2.45) is 0 Å². The van der Waals surface area contributed by atoms with Crippen LogP contribution in [0.2, 0.25) is 0 Å². The molecule has 0 bridgehead atoms. The van der Waals surface area contributed by atoms with Crippen LogP contribution in [0.5, 0.6) is 0 Å². The summed E-state index contributed by atoms with van der Waals surface area (Å²) in [5.74, 6) is -0.312.